The topological polar surface area (TPSA) is 73.7 Å². The lowest BCUT2D eigenvalue weighted by molar-refractivity contribution is -0.153. The molecule has 0 spiro atoms. The molecule has 2 fully saturated rings. The van der Waals surface area contributed by atoms with Crippen molar-refractivity contribution in [2.24, 2.45) is 11.8 Å². The Balaban J connectivity index is 1.11. The number of amides is 1. The van der Waals surface area contributed by atoms with Gasteiger partial charge in [-0.05, 0) is 68.1 Å². The lowest BCUT2D eigenvalue weighted by Gasteiger charge is -2.44. The molecule has 0 radical (unpaired) electrons. The van der Waals surface area contributed by atoms with Gasteiger partial charge in [0.25, 0.3) is 0 Å². The number of hydrogen-bond donors (Lipinski definition) is 1. The van der Waals surface area contributed by atoms with Crippen molar-refractivity contribution in [1.29, 1.82) is 0 Å². The molecule has 2 saturated heterocycles. The highest BCUT2D eigenvalue weighted by molar-refractivity contribution is 5.81. The van der Waals surface area contributed by atoms with Gasteiger partial charge in [-0.3, -0.25) is 19.5 Å². The van der Waals surface area contributed by atoms with E-state index in [0.717, 1.165) is 44.3 Å². The SMILES string of the molecule is O=C(O)[C@H](c1ccccc1)N1CC(C(=O)N2CCC(Cc3ccc4c(n3)CCCC4)CC2)C1. The van der Waals surface area contributed by atoms with E-state index in [-0.39, 0.29) is 11.8 Å². The van der Waals surface area contributed by atoms with Gasteiger partial charge in [0, 0.05) is 37.6 Å². The zero-order valence-corrected chi connectivity index (χ0v) is 19.2. The summed E-state index contributed by atoms with van der Waals surface area (Å²) in [6.45, 7) is 2.63. The van der Waals surface area contributed by atoms with Crippen molar-refractivity contribution >= 4 is 11.9 Å². The number of pyridine rings is 1. The van der Waals surface area contributed by atoms with Crippen molar-refractivity contribution in [2.45, 2.75) is 51.0 Å². The first kappa shape index (κ1) is 22.1. The second-order valence-electron chi connectivity index (χ2n) is 9.89. The highest BCUT2D eigenvalue weighted by atomic mass is 16.4. The normalized spacial score (nSPS) is 20.7. The zero-order valence-electron chi connectivity index (χ0n) is 19.2. The summed E-state index contributed by atoms with van der Waals surface area (Å²) in [7, 11) is 0. The summed E-state index contributed by atoms with van der Waals surface area (Å²) in [6, 6.07) is 13.1. The third-order valence-electron chi connectivity index (χ3n) is 7.63. The number of aryl methyl sites for hydroxylation is 2. The molecule has 6 heteroatoms. The first-order valence-corrected chi connectivity index (χ1v) is 12.4. The molecule has 1 amide bonds. The van der Waals surface area contributed by atoms with Crippen molar-refractivity contribution in [1.82, 2.24) is 14.8 Å². The van der Waals surface area contributed by atoms with Crippen LogP contribution in [0, 0.1) is 11.8 Å². The molecular weight excluding hydrogens is 414 g/mol. The van der Waals surface area contributed by atoms with Crippen molar-refractivity contribution in [3.8, 4) is 0 Å². The Hall–Kier alpha value is -2.73. The van der Waals surface area contributed by atoms with E-state index in [0.29, 0.717) is 19.0 Å². The number of benzene rings is 1. The van der Waals surface area contributed by atoms with E-state index in [1.54, 1.807) is 0 Å². The molecule has 1 aromatic carbocycles. The molecule has 1 aliphatic carbocycles. The summed E-state index contributed by atoms with van der Waals surface area (Å²) in [5, 5.41) is 9.71. The Morgan fingerprint density at radius 3 is 2.45 bits per heavy atom. The Labute approximate surface area is 195 Å². The smallest absolute Gasteiger partial charge is 0.325 e. The molecule has 3 aliphatic rings. The number of aromatic nitrogens is 1. The van der Waals surface area contributed by atoms with Crippen LogP contribution in [-0.4, -0.2) is 57.9 Å². The van der Waals surface area contributed by atoms with Gasteiger partial charge in [-0.2, -0.15) is 0 Å². The van der Waals surface area contributed by atoms with Crippen LogP contribution in [-0.2, 0) is 28.9 Å². The highest BCUT2D eigenvalue weighted by Gasteiger charge is 2.42. The van der Waals surface area contributed by atoms with Gasteiger partial charge in [0.05, 0.1) is 5.92 Å². The first-order chi connectivity index (χ1) is 16.1. The van der Waals surface area contributed by atoms with Gasteiger partial charge >= 0.3 is 5.97 Å². The van der Waals surface area contributed by atoms with Crippen LogP contribution >= 0.6 is 0 Å². The number of carbonyl (C=O) groups excluding carboxylic acids is 1. The molecule has 3 heterocycles. The number of aliphatic carboxylic acids is 1. The number of carbonyl (C=O) groups is 2. The fourth-order valence-corrected chi connectivity index (χ4v) is 5.68. The average Bonchev–Trinajstić information content (AvgIpc) is 2.81. The lowest BCUT2D eigenvalue weighted by atomic mass is 9.88. The number of carboxylic acids is 1. The number of fused-ring (bicyclic) bond motifs is 1. The minimum Gasteiger partial charge on any atom is -0.480 e. The predicted octanol–water partition coefficient (Wildman–Crippen LogP) is 3.50. The average molecular weight is 448 g/mol. The van der Waals surface area contributed by atoms with Gasteiger partial charge < -0.3 is 10.0 Å². The van der Waals surface area contributed by atoms with Crippen molar-refractivity contribution in [3.05, 3.63) is 65.0 Å². The minimum atomic E-state index is -0.858. The zero-order chi connectivity index (χ0) is 22.8. The van der Waals surface area contributed by atoms with E-state index >= 15 is 0 Å². The second kappa shape index (κ2) is 9.64. The minimum absolute atomic E-state index is 0.0885. The van der Waals surface area contributed by atoms with Gasteiger partial charge in [0.2, 0.25) is 5.91 Å². The summed E-state index contributed by atoms with van der Waals surface area (Å²) < 4.78 is 0. The third kappa shape index (κ3) is 4.81. The summed E-state index contributed by atoms with van der Waals surface area (Å²) in [6.07, 6.45) is 7.85. The first-order valence-electron chi connectivity index (χ1n) is 12.4. The van der Waals surface area contributed by atoms with E-state index in [1.165, 1.54) is 36.2 Å². The van der Waals surface area contributed by atoms with E-state index in [1.807, 2.05) is 40.1 Å². The number of hydrogen-bond acceptors (Lipinski definition) is 4. The number of nitrogens with zero attached hydrogens (tertiary/aromatic N) is 3. The molecule has 6 nitrogen and oxygen atoms in total. The molecule has 1 atom stereocenters. The second-order valence-corrected chi connectivity index (χ2v) is 9.89. The van der Waals surface area contributed by atoms with Crippen LogP contribution in [0.3, 0.4) is 0 Å². The quantitative estimate of drug-likeness (QED) is 0.734. The molecule has 1 N–H and O–H groups in total. The number of piperidine rings is 1. The van der Waals surface area contributed by atoms with Crippen LogP contribution in [0.15, 0.2) is 42.5 Å². The molecule has 33 heavy (non-hydrogen) atoms. The largest absolute Gasteiger partial charge is 0.480 e. The molecule has 5 rings (SSSR count). The van der Waals surface area contributed by atoms with E-state index in [2.05, 4.69) is 12.1 Å². The van der Waals surface area contributed by atoms with Crippen LogP contribution in [0.2, 0.25) is 0 Å². The standard InChI is InChI=1S/C27H33N3O3/c31-26(22-17-30(18-22)25(27(32)33)21-7-2-1-3-8-21)29-14-12-19(13-15-29)16-23-11-10-20-6-4-5-9-24(20)28-23/h1-3,7-8,10-11,19,22,25H,4-6,9,12-18H2,(H,32,33)/t25-/m0/s1. The molecular formula is C27H33N3O3. The van der Waals surface area contributed by atoms with E-state index in [4.69, 9.17) is 4.98 Å². The summed E-state index contributed by atoms with van der Waals surface area (Å²) in [5.41, 5.74) is 4.71. The number of carboxylic acid groups (broad SMARTS) is 1. The van der Waals surface area contributed by atoms with Gasteiger partial charge in [0.1, 0.15) is 6.04 Å². The van der Waals surface area contributed by atoms with Gasteiger partial charge in [-0.15, -0.1) is 0 Å². The fraction of sp³-hybridized carbons (Fsp3) is 0.519. The van der Waals surface area contributed by atoms with Crippen LogP contribution in [0.1, 0.15) is 54.2 Å². The van der Waals surface area contributed by atoms with Crippen LogP contribution in [0.5, 0.6) is 0 Å². The maximum Gasteiger partial charge on any atom is 0.325 e. The van der Waals surface area contributed by atoms with E-state index < -0.39 is 12.0 Å². The Bertz CT molecular complexity index is 995. The Kier molecular flexibility index (Phi) is 6.45. The highest BCUT2D eigenvalue weighted by Crippen LogP contribution is 2.31. The summed E-state index contributed by atoms with van der Waals surface area (Å²) >= 11 is 0. The Morgan fingerprint density at radius 2 is 1.73 bits per heavy atom. The fourth-order valence-electron chi connectivity index (χ4n) is 5.68. The molecule has 2 aromatic rings. The summed E-state index contributed by atoms with van der Waals surface area (Å²) in [5.74, 6) is -0.178. The Morgan fingerprint density at radius 1 is 1.00 bits per heavy atom. The van der Waals surface area contributed by atoms with Gasteiger partial charge in [-0.1, -0.05) is 36.4 Å². The van der Waals surface area contributed by atoms with Crippen molar-refractivity contribution in [2.75, 3.05) is 26.2 Å². The van der Waals surface area contributed by atoms with Crippen LogP contribution < -0.4 is 0 Å². The van der Waals surface area contributed by atoms with Crippen molar-refractivity contribution in [3.63, 3.8) is 0 Å². The lowest BCUT2D eigenvalue weighted by Crippen LogP contribution is -2.57. The van der Waals surface area contributed by atoms with Crippen molar-refractivity contribution < 1.29 is 14.7 Å². The summed E-state index contributed by atoms with van der Waals surface area (Å²) in [4.78, 5) is 33.7. The monoisotopic (exact) mass is 447 g/mol. The number of rotatable bonds is 6. The van der Waals surface area contributed by atoms with Crippen LogP contribution in [0.4, 0.5) is 0 Å². The third-order valence-corrected chi connectivity index (χ3v) is 7.63. The molecule has 2 aliphatic heterocycles. The maximum atomic E-state index is 13.0. The molecule has 0 saturated carbocycles. The van der Waals surface area contributed by atoms with Gasteiger partial charge in [-0.25, -0.2) is 0 Å². The van der Waals surface area contributed by atoms with Gasteiger partial charge in [0.15, 0.2) is 0 Å². The van der Waals surface area contributed by atoms with Crippen LogP contribution in [0.25, 0.3) is 0 Å². The predicted molar refractivity (Wildman–Crippen MR) is 126 cm³/mol. The maximum absolute atomic E-state index is 13.0. The number of likely N-dealkylation sites (tertiary alicyclic amines) is 2. The molecule has 0 bridgehead atoms. The van der Waals surface area contributed by atoms with E-state index in [9.17, 15) is 14.7 Å². The molecule has 0 unspecified atom stereocenters. The molecule has 174 valence electrons. The molecule has 1 aromatic heterocycles.